The van der Waals surface area contributed by atoms with Gasteiger partial charge in [-0.25, -0.2) is 4.68 Å². The van der Waals surface area contributed by atoms with E-state index in [4.69, 9.17) is 9.84 Å². The van der Waals surface area contributed by atoms with Gasteiger partial charge in [-0.1, -0.05) is 5.21 Å². The van der Waals surface area contributed by atoms with Crippen LogP contribution in [0.4, 0.5) is 0 Å². The number of nitrogens with zero attached hydrogens (tertiary/aromatic N) is 3. The van der Waals surface area contributed by atoms with Crippen molar-refractivity contribution in [3.05, 3.63) is 11.9 Å². The standard InChI is InChI=1S/C10H19N3O2/c1-9-8-13(12-11-9)5-7-15-10(2,3)4-6-14/h8,14H,4-7H2,1-3H3. The lowest BCUT2D eigenvalue weighted by molar-refractivity contribution is -0.0367. The summed E-state index contributed by atoms with van der Waals surface area (Å²) in [6, 6.07) is 0. The summed E-state index contributed by atoms with van der Waals surface area (Å²) in [6.45, 7) is 7.26. The molecular weight excluding hydrogens is 194 g/mol. The van der Waals surface area contributed by atoms with Crippen LogP contribution in [0.2, 0.25) is 0 Å². The third-order valence-electron chi connectivity index (χ3n) is 2.18. The van der Waals surface area contributed by atoms with Gasteiger partial charge in [0.1, 0.15) is 0 Å². The van der Waals surface area contributed by atoms with Crippen molar-refractivity contribution in [2.24, 2.45) is 0 Å². The first-order valence-electron chi connectivity index (χ1n) is 5.15. The third kappa shape index (κ3) is 4.40. The summed E-state index contributed by atoms with van der Waals surface area (Å²) in [6.07, 6.45) is 2.52. The molecule has 0 aliphatic carbocycles. The Labute approximate surface area is 90.1 Å². The molecule has 0 radical (unpaired) electrons. The van der Waals surface area contributed by atoms with Gasteiger partial charge in [-0.2, -0.15) is 0 Å². The van der Waals surface area contributed by atoms with Crippen LogP contribution >= 0.6 is 0 Å². The molecule has 1 rings (SSSR count). The van der Waals surface area contributed by atoms with Crippen molar-refractivity contribution in [2.75, 3.05) is 13.2 Å². The van der Waals surface area contributed by atoms with Crippen LogP contribution in [0.1, 0.15) is 26.0 Å². The van der Waals surface area contributed by atoms with Gasteiger partial charge in [0.25, 0.3) is 0 Å². The van der Waals surface area contributed by atoms with Crippen LogP contribution in [-0.4, -0.2) is 38.9 Å². The lowest BCUT2D eigenvalue weighted by Gasteiger charge is -2.24. The Morgan fingerprint density at radius 1 is 1.53 bits per heavy atom. The quantitative estimate of drug-likeness (QED) is 0.758. The second kappa shape index (κ2) is 5.23. The Balaban J connectivity index is 2.27. The molecule has 0 bridgehead atoms. The van der Waals surface area contributed by atoms with E-state index in [1.807, 2.05) is 27.0 Å². The highest BCUT2D eigenvalue weighted by Crippen LogP contribution is 2.13. The van der Waals surface area contributed by atoms with E-state index in [-0.39, 0.29) is 12.2 Å². The van der Waals surface area contributed by atoms with E-state index in [0.29, 0.717) is 19.6 Å². The molecule has 0 fully saturated rings. The maximum absolute atomic E-state index is 8.81. The molecule has 86 valence electrons. The minimum Gasteiger partial charge on any atom is -0.396 e. The van der Waals surface area contributed by atoms with Crippen LogP contribution in [0.25, 0.3) is 0 Å². The molecule has 1 aromatic heterocycles. The summed E-state index contributed by atoms with van der Waals surface area (Å²) >= 11 is 0. The average molecular weight is 213 g/mol. The Hall–Kier alpha value is -0.940. The maximum atomic E-state index is 8.81. The van der Waals surface area contributed by atoms with E-state index in [1.165, 1.54) is 0 Å². The molecule has 1 N–H and O–H groups in total. The zero-order valence-electron chi connectivity index (χ0n) is 9.60. The third-order valence-corrected chi connectivity index (χ3v) is 2.18. The summed E-state index contributed by atoms with van der Waals surface area (Å²) in [5.74, 6) is 0. The summed E-state index contributed by atoms with van der Waals surface area (Å²) in [7, 11) is 0. The molecule has 0 aliphatic heterocycles. The number of aromatic nitrogens is 3. The molecule has 1 heterocycles. The molecule has 0 aromatic carbocycles. The summed E-state index contributed by atoms with van der Waals surface area (Å²) in [4.78, 5) is 0. The monoisotopic (exact) mass is 213 g/mol. The lowest BCUT2D eigenvalue weighted by atomic mass is 10.1. The highest BCUT2D eigenvalue weighted by Gasteiger charge is 2.16. The fourth-order valence-electron chi connectivity index (χ4n) is 1.26. The molecule has 1 aromatic rings. The molecule has 5 heteroatoms. The van der Waals surface area contributed by atoms with E-state index < -0.39 is 0 Å². The molecule has 0 unspecified atom stereocenters. The summed E-state index contributed by atoms with van der Waals surface area (Å²) in [5.41, 5.74) is 0.634. The van der Waals surface area contributed by atoms with Gasteiger partial charge in [0.2, 0.25) is 0 Å². The molecule has 0 saturated heterocycles. The number of aliphatic hydroxyl groups excluding tert-OH is 1. The lowest BCUT2D eigenvalue weighted by Crippen LogP contribution is -2.27. The van der Waals surface area contributed by atoms with Crippen LogP contribution < -0.4 is 0 Å². The minimum absolute atomic E-state index is 0.148. The molecule has 15 heavy (non-hydrogen) atoms. The van der Waals surface area contributed by atoms with E-state index in [0.717, 1.165) is 5.69 Å². The first-order valence-corrected chi connectivity index (χ1v) is 5.15. The number of rotatable bonds is 6. The zero-order chi connectivity index (χ0) is 11.3. The van der Waals surface area contributed by atoms with Gasteiger partial charge in [-0.05, 0) is 27.2 Å². The number of hydrogen-bond acceptors (Lipinski definition) is 4. The van der Waals surface area contributed by atoms with Crippen molar-refractivity contribution in [1.29, 1.82) is 0 Å². The van der Waals surface area contributed by atoms with E-state index >= 15 is 0 Å². The second-order valence-corrected chi connectivity index (χ2v) is 4.20. The highest BCUT2D eigenvalue weighted by molar-refractivity contribution is 4.86. The Kier molecular flexibility index (Phi) is 4.23. The predicted molar refractivity (Wildman–Crippen MR) is 56.5 cm³/mol. The van der Waals surface area contributed by atoms with Gasteiger partial charge < -0.3 is 9.84 Å². The highest BCUT2D eigenvalue weighted by atomic mass is 16.5. The van der Waals surface area contributed by atoms with Crippen molar-refractivity contribution in [3.8, 4) is 0 Å². The first kappa shape index (κ1) is 12.1. The number of ether oxygens (including phenoxy) is 1. The van der Waals surface area contributed by atoms with Gasteiger partial charge in [0, 0.05) is 12.8 Å². The van der Waals surface area contributed by atoms with Gasteiger partial charge in [-0.15, -0.1) is 5.10 Å². The van der Waals surface area contributed by atoms with Crippen molar-refractivity contribution >= 4 is 0 Å². The molecule has 0 amide bonds. The van der Waals surface area contributed by atoms with Gasteiger partial charge >= 0.3 is 0 Å². The molecule has 0 aliphatic rings. The summed E-state index contributed by atoms with van der Waals surface area (Å²) in [5, 5.41) is 16.6. The Morgan fingerprint density at radius 3 is 2.80 bits per heavy atom. The number of aliphatic hydroxyl groups is 1. The zero-order valence-corrected chi connectivity index (χ0v) is 9.60. The second-order valence-electron chi connectivity index (χ2n) is 4.20. The maximum Gasteiger partial charge on any atom is 0.0796 e. The van der Waals surface area contributed by atoms with E-state index in [1.54, 1.807) is 4.68 Å². The van der Waals surface area contributed by atoms with Crippen LogP contribution in [0.15, 0.2) is 6.20 Å². The van der Waals surface area contributed by atoms with E-state index in [9.17, 15) is 0 Å². The van der Waals surface area contributed by atoms with Crippen molar-refractivity contribution < 1.29 is 9.84 Å². The van der Waals surface area contributed by atoms with Crippen molar-refractivity contribution in [1.82, 2.24) is 15.0 Å². The Bertz CT molecular complexity index is 297. The predicted octanol–water partition coefficient (Wildman–Crippen LogP) is 0.764. The number of aryl methyl sites for hydroxylation is 1. The SMILES string of the molecule is Cc1cn(CCOC(C)(C)CCO)nn1. The molecular formula is C10H19N3O2. The van der Waals surface area contributed by atoms with Crippen LogP contribution in [0.5, 0.6) is 0 Å². The van der Waals surface area contributed by atoms with Crippen LogP contribution in [0, 0.1) is 6.92 Å². The molecule has 0 atom stereocenters. The minimum atomic E-state index is -0.273. The topological polar surface area (TPSA) is 60.2 Å². The smallest absolute Gasteiger partial charge is 0.0796 e. The van der Waals surface area contributed by atoms with Crippen molar-refractivity contribution in [2.45, 2.75) is 39.3 Å². The first-order chi connectivity index (χ1) is 7.03. The summed E-state index contributed by atoms with van der Waals surface area (Å²) < 4.78 is 7.39. The fraction of sp³-hybridized carbons (Fsp3) is 0.800. The molecule has 5 nitrogen and oxygen atoms in total. The molecule has 0 spiro atoms. The largest absolute Gasteiger partial charge is 0.396 e. The van der Waals surface area contributed by atoms with Crippen LogP contribution in [0.3, 0.4) is 0 Å². The fourth-order valence-corrected chi connectivity index (χ4v) is 1.26. The Morgan fingerprint density at radius 2 is 2.27 bits per heavy atom. The van der Waals surface area contributed by atoms with E-state index in [2.05, 4.69) is 10.3 Å². The van der Waals surface area contributed by atoms with Gasteiger partial charge in [0.15, 0.2) is 0 Å². The van der Waals surface area contributed by atoms with Crippen molar-refractivity contribution in [3.63, 3.8) is 0 Å². The van der Waals surface area contributed by atoms with Gasteiger partial charge in [0.05, 0.1) is 24.4 Å². The normalized spacial score (nSPS) is 12.0. The number of hydrogen-bond donors (Lipinski definition) is 1. The average Bonchev–Trinajstić information content (AvgIpc) is 2.51. The van der Waals surface area contributed by atoms with Gasteiger partial charge in [-0.3, -0.25) is 0 Å². The molecule has 0 saturated carbocycles. The van der Waals surface area contributed by atoms with Crippen LogP contribution in [-0.2, 0) is 11.3 Å².